The number of nitrogens with one attached hydrogen (secondary N) is 2. The Morgan fingerprint density at radius 1 is 1.31 bits per heavy atom. The molecule has 6 heteroatoms. The van der Waals surface area contributed by atoms with Gasteiger partial charge >= 0.3 is 0 Å². The average Bonchev–Trinajstić information content (AvgIpc) is 3.16. The van der Waals surface area contributed by atoms with Gasteiger partial charge in [-0.05, 0) is 38.3 Å². The number of ether oxygens (including phenoxy) is 1. The molecule has 0 saturated carbocycles. The second-order valence-corrected chi connectivity index (χ2v) is 7.55. The van der Waals surface area contributed by atoms with Crippen LogP contribution in [-0.4, -0.2) is 55.2 Å². The van der Waals surface area contributed by atoms with E-state index < -0.39 is 0 Å². The number of rotatable bonds is 5. The van der Waals surface area contributed by atoms with Crippen molar-refractivity contribution in [2.24, 2.45) is 10.9 Å². The van der Waals surface area contributed by atoms with E-state index in [1.165, 1.54) is 5.56 Å². The molecule has 5 nitrogen and oxygen atoms in total. The smallest absolute Gasteiger partial charge is 0.191 e. The van der Waals surface area contributed by atoms with Gasteiger partial charge in [-0.1, -0.05) is 25.1 Å². The summed E-state index contributed by atoms with van der Waals surface area (Å²) in [5.74, 6) is 2.54. The highest BCUT2D eigenvalue weighted by atomic mass is 127. The highest BCUT2D eigenvalue weighted by Crippen LogP contribution is 2.28. The molecule has 0 amide bonds. The minimum absolute atomic E-state index is 0. The average molecular weight is 472 g/mol. The minimum atomic E-state index is 0. The van der Waals surface area contributed by atoms with Gasteiger partial charge in [-0.3, -0.25) is 4.90 Å². The lowest BCUT2D eigenvalue weighted by Crippen LogP contribution is -2.47. The Morgan fingerprint density at radius 3 is 2.73 bits per heavy atom. The maximum Gasteiger partial charge on any atom is 0.191 e. The summed E-state index contributed by atoms with van der Waals surface area (Å²) in [5.41, 5.74) is 1.29. The zero-order valence-electron chi connectivity index (χ0n) is 16.4. The van der Waals surface area contributed by atoms with Crippen LogP contribution in [0.4, 0.5) is 0 Å². The highest BCUT2D eigenvalue weighted by molar-refractivity contribution is 14.0. The first-order valence-corrected chi connectivity index (χ1v) is 9.60. The molecule has 2 N–H and O–H groups in total. The molecule has 146 valence electrons. The molecular formula is C20H33IN4O. The van der Waals surface area contributed by atoms with Crippen LogP contribution in [0.5, 0.6) is 5.75 Å². The van der Waals surface area contributed by atoms with E-state index in [-0.39, 0.29) is 30.1 Å². The first-order chi connectivity index (χ1) is 12.1. The van der Waals surface area contributed by atoms with Crippen LogP contribution in [0.2, 0.25) is 0 Å². The number of halogens is 1. The normalized spacial score (nSPS) is 25.6. The summed E-state index contributed by atoms with van der Waals surface area (Å²) in [7, 11) is 0. The van der Waals surface area contributed by atoms with Crippen LogP contribution in [-0.2, 0) is 6.42 Å². The molecule has 0 aromatic heterocycles. The summed E-state index contributed by atoms with van der Waals surface area (Å²) in [4.78, 5) is 7.33. The fraction of sp³-hybridized carbons (Fsp3) is 0.650. The summed E-state index contributed by atoms with van der Waals surface area (Å²) in [6, 6.07) is 9.33. The van der Waals surface area contributed by atoms with Crippen molar-refractivity contribution in [2.45, 2.75) is 52.3 Å². The van der Waals surface area contributed by atoms with Crippen molar-refractivity contribution >= 4 is 29.9 Å². The summed E-state index contributed by atoms with van der Waals surface area (Å²) >= 11 is 0. The monoisotopic (exact) mass is 472 g/mol. The van der Waals surface area contributed by atoms with E-state index in [2.05, 4.69) is 55.4 Å². The number of benzene rings is 1. The van der Waals surface area contributed by atoms with Crippen molar-refractivity contribution in [2.75, 3.05) is 26.2 Å². The number of para-hydroxylation sites is 1. The van der Waals surface area contributed by atoms with Crippen molar-refractivity contribution < 1.29 is 4.74 Å². The lowest BCUT2D eigenvalue weighted by atomic mass is 10.1. The molecule has 2 heterocycles. The zero-order valence-corrected chi connectivity index (χ0v) is 18.7. The van der Waals surface area contributed by atoms with E-state index in [1.54, 1.807) is 0 Å². The van der Waals surface area contributed by atoms with Crippen LogP contribution in [0.1, 0.15) is 33.3 Å². The van der Waals surface area contributed by atoms with Crippen molar-refractivity contribution in [1.82, 2.24) is 15.5 Å². The molecule has 3 atom stereocenters. The summed E-state index contributed by atoms with van der Waals surface area (Å²) in [6.07, 6.45) is 1.08. The Kier molecular flexibility index (Phi) is 8.01. The molecule has 0 spiro atoms. The highest BCUT2D eigenvalue weighted by Gasteiger charge is 2.31. The molecule has 1 aromatic rings. The van der Waals surface area contributed by atoms with E-state index in [9.17, 15) is 0 Å². The number of hydrogen-bond acceptors (Lipinski definition) is 3. The van der Waals surface area contributed by atoms with Gasteiger partial charge in [-0.25, -0.2) is 4.99 Å². The maximum absolute atomic E-state index is 6.00. The van der Waals surface area contributed by atoms with E-state index in [1.807, 2.05) is 12.1 Å². The van der Waals surface area contributed by atoms with E-state index >= 15 is 0 Å². The molecule has 1 aromatic carbocycles. The fourth-order valence-electron chi connectivity index (χ4n) is 3.66. The Labute approximate surface area is 175 Å². The van der Waals surface area contributed by atoms with Crippen LogP contribution >= 0.6 is 24.0 Å². The number of aliphatic imine (C=N–C) groups is 1. The fourth-order valence-corrected chi connectivity index (χ4v) is 3.66. The van der Waals surface area contributed by atoms with Crippen LogP contribution in [0.3, 0.4) is 0 Å². The Morgan fingerprint density at radius 2 is 2.08 bits per heavy atom. The first kappa shape index (κ1) is 21.3. The molecule has 3 rings (SSSR count). The number of hydrogen-bond donors (Lipinski definition) is 2. The topological polar surface area (TPSA) is 48.9 Å². The van der Waals surface area contributed by atoms with Crippen molar-refractivity contribution in [1.29, 1.82) is 0 Å². The Hall–Kier alpha value is -1.02. The maximum atomic E-state index is 6.00. The summed E-state index contributed by atoms with van der Waals surface area (Å²) < 4.78 is 6.00. The molecule has 1 fully saturated rings. The van der Waals surface area contributed by atoms with Crippen LogP contribution in [0, 0.1) is 5.92 Å². The van der Waals surface area contributed by atoms with Gasteiger partial charge in [0.15, 0.2) is 5.96 Å². The van der Waals surface area contributed by atoms with Crippen molar-refractivity contribution in [3.63, 3.8) is 0 Å². The van der Waals surface area contributed by atoms with Crippen molar-refractivity contribution in [3.05, 3.63) is 29.8 Å². The van der Waals surface area contributed by atoms with Gasteiger partial charge in [-0.15, -0.1) is 24.0 Å². The summed E-state index contributed by atoms with van der Waals surface area (Å²) in [5, 5.41) is 7.02. The number of nitrogens with zero attached hydrogens (tertiary/aromatic N) is 2. The van der Waals surface area contributed by atoms with Crippen LogP contribution < -0.4 is 15.4 Å². The standard InChI is InChI=1S/C20H32N4O.HI/c1-5-21-20(23-18-13-24(14(2)3)12-15(18)4)22-11-17-10-16-8-6-7-9-19(16)25-17;/h6-9,14-15,17-18H,5,10-13H2,1-4H3,(H2,21,22,23);1H. The van der Waals surface area contributed by atoms with Gasteiger partial charge in [0, 0.05) is 38.1 Å². The molecule has 1 saturated heterocycles. The zero-order chi connectivity index (χ0) is 17.8. The molecule has 0 radical (unpaired) electrons. The van der Waals surface area contributed by atoms with Gasteiger partial charge in [0.1, 0.15) is 11.9 Å². The molecule has 0 aliphatic carbocycles. The van der Waals surface area contributed by atoms with Gasteiger partial charge in [0.25, 0.3) is 0 Å². The van der Waals surface area contributed by atoms with Crippen LogP contribution in [0.25, 0.3) is 0 Å². The first-order valence-electron chi connectivity index (χ1n) is 9.60. The predicted octanol–water partition coefficient (Wildman–Crippen LogP) is 2.89. The second-order valence-electron chi connectivity index (χ2n) is 7.55. The second kappa shape index (κ2) is 9.78. The van der Waals surface area contributed by atoms with Gasteiger partial charge < -0.3 is 15.4 Å². The molecular weight excluding hydrogens is 439 g/mol. The van der Waals surface area contributed by atoms with Crippen LogP contribution in [0.15, 0.2) is 29.3 Å². The SMILES string of the molecule is CCNC(=NCC1Cc2ccccc2O1)NC1CN(C(C)C)CC1C.I. The third-order valence-corrected chi connectivity index (χ3v) is 5.20. The number of guanidine groups is 1. The van der Waals surface area contributed by atoms with E-state index in [4.69, 9.17) is 9.73 Å². The lowest BCUT2D eigenvalue weighted by Gasteiger charge is -2.22. The lowest BCUT2D eigenvalue weighted by molar-refractivity contribution is 0.241. The number of fused-ring (bicyclic) bond motifs is 1. The summed E-state index contributed by atoms with van der Waals surface area (Å²) in [6.45, 7) is 12.7. The Balaban J connectivity index is 0.00000243. The van der Waals surface area contributed by atoms with E-state index in [0.717, 1.165) is 37.8 Å². The van der Waals surface area contributed by atoms with Gasteiger partial charge in [0.2, 0.25) is 0 Å². The minimum Gasteiger partial charge on any atom is -0.488 e. The van der Waals surface area contributed by atoms with Gasteiger partial charge in [-0.2, -0.15) is 0 Å². The molecule has 2 aliphatic heterocycles. The number of likely N-dealkylation sites (tertiary alicyclic amines) is 1. The largest absolute Gasteiger partial charge is 0.488 e. The third-order valence-electron chi connectivity index (χ3n) is 5.20. The predicted molar refractivity (Wildman–Crippen MR) is 119 cm³/mol. The van der Waals surface area contributed by atoms with E-state index in [0.29, 0.717) is 24.5 Å². The molecule has 2 aliphatic rings. The molecule has 0 bridgehead atoms. The molecule has 26 heavy (non-hydrogen) atoms. The van der Waals surface area contributed by atoms with Gasteiger partial charge in [0.05, 0.1) is 6.54 Å². The molecule has 3 unspecified atom stereocenters. The quantitative estimate of drug-likeness (QED) is 0.393. The third kappa shape index (κ3) is 5.25. The Bertz CT molecular complexity index is 582. The van der Waals surface area contributed by atoms with Crippen molar-refractivity contribution in [3.8, 4) is 5.75 Å².